The van der Waals surface area contributed by atoms with Crippen LogP contribution in [0.25, 0.3) is 0 Å². The monoisotopic (exact) mass is 1100 g/mol. The predicted molar refractivity (Wildman–Crippen MR) is 292 cm³/mol. The second-order valence-corrected chi connectivity index (χ2v) is 29.4. The molecule has 6 aliphatic rings. The maximum Gasteiger partial charge on any atom is 0.202 e. The van der Waals surface area contributed by atoms with E-state index in [1.807, 2.05) is 20.8 Å². The number of hydrogen-bond acceptors (Lipinski definition) is 19. The van der Waals surface area contributed by atoms with Crippen molar-refractivity contribution in [2.45, 2.75) is 262 Å². The van der Waals surface area contributed by atoms with Crippen LogP contribution in [0.2, 0.25) is 18.1 Å². The van der Waals surface area contributed by atoms with Crippen LogP contribution in [0.1, 0.15) is 141 Å². The second-order valence-electron chi connectivity index (χ2n) is 24.6. The minimum atomic E-state index is -1.86. The van der Waals surface area contributed by atoms with Crippen molar-refractivity contribution >= 4 is 14.6 Å². The molecule has 19 nitrogen and oxygen atoms in total. The largest absolute Gasteiger partial charge is 0.469 e. The quantitative estimate of drug-likeness (QED) is 0.0490. The lowest BCUT2D eigenvalue weighted by molar-refractivity contribution is -0.312. The fraction of sp³-hybridized carbons (Fsp3) is 0.911. The van der Waals surface area contributed by atoms with Gasteiger partial charge in [-0.1, -0.05) is 69.2 Å². The van der Waals surface area contributed by atoms with Crippen molar-refractivity contribution in [2.75, 3.05) is 33.9 Å². The van der Waals surface area contributed by atoms with Crippen LogP contribution in [0.15, 0.2) is 23.7 Å². The lowest BCUT2D eigenvalue weighted by atomic mass is 9.74. The number of ether oxygens (including phenoxy) is 8. The van der Waals surface area contributed by atoms with Crippen LogP contribution < -0.4 is 16.4 Å². The van der Waals surface area contributed by atoms with E-state index in [0.29, 0.717) is 19.4 Å². The highest BCUT2D eigenvalue weighted by Gasteiger charge is 2.53. The minimum absolute atomic E-state index is 0.000351. The van der Waals surface area contributed by atoms with Crippen molar-refractivity contribution in [3.63, 3.8) is 0 Å². The van der Waals surface area contributed by atoms with Gasteiger partial charge in [0.25, 0.3) is 0 Å². The molecule has 444 valence electrons. The third kappa shape index (κ3) is 17.2. The molecule has 4 aliphatic heterocycles. The van der Waals surface area contributed by atoms with E-state index < -0.39 is 112 Å². The lowest BCUT2D eigenvalue weighted by Gasteiger charge is -2.49. The summed E-state index contributed by atoms with van der Waals surface area (Å²) in [6.45, 7) is 29.3. The molecule has 76 heavy (non-hydrogen) atoms. The molecule has 0 bridgehead atoms. The Bertz CT molecular complexity index is 1800. The van der Waals surface area contributed by atoms with Gasteiger partial charge in [-0.25, -0.2) is 0 Å². The summed E-state index contributed by atoms with van der Waals surface area (Å²) in [4.78, 5) is 9.17. The molecule has 4 heterocycles. The van der Waals surface area contributed by atoms with Crippen molar-refractivity contribution in [2.24, 2.45) is 35.3 Å². The van der Waals surface area contributed by atoms with E-state index in [0.717, 1.165) is 62.8 Å². The standard InChI is InChI=1S/C31H59NO8Si.C22H40N2O7.C3H6O/c1-11-22-15-14-19(2)28(38-22)39-25-20(3)17-21(13-12-16-37-41(9,10)30(4,5)6)26(23(25)33)40-29-24(34)27(32-8)31(7,35)18-36-29;1-6-13-8-7-11(2)20(29-13)30-17-12(3)9-14(23)18(15(17)25)31-21-16(26)19(24-5)22(4,27)10-28-21;1-2-3-4/h15,19-21,23-29,32-35H,11-14,16-18H2,1-10H3;8,11-12,14-21,24-27H,6-7,9-10,23H2,1-5H3;3H,2H2,1H3/t19-,20+,21-,23+,24-,25?,26+,27-,28-,29-,31+;11-,12+,14-,15+,16-,17?,18+,19-,20-,21-,22+;/m11./s1. The predicted octanol–water partition coefficient (Wildman–Crippen LogP) is 5.12. The van der Waals surface area contributed by atoms with E-state index in [-0.39, 0.29) is 47.8 Å². The van der Waals surface area contributed by atoms with Crippen LogP contribution >= 0.6 is 0 Å². The molecular formula is C56H105N3O16Si. The maximum absolute atomic E-state index is 11.8. The number of hydrogen-bond donors (Lipinski definition) is 9. The number of carbonyl (C=O) groups is 1. The van der Waals surface area contributed by atoms with E-state index in [1.165, 1.54) is 0 Å². The van der Waals surface area contributed by atoms with E-state index in [9.17, 15) is 35.4 Å². The third-order valence-corrected chi connectivity index (χ3v) is 21.4. The first-order chi connectivity index (χ1) is 35.5. The van der Waals surface area contributed by atoms with Gasteiger partial charge in [0.1, 0.15) is 48.0 Å². The number of carbonyl (C=O) groups excluding carboxylic acids is 1. The number of aliphatic hydroxyl groups is 6. The van der Waals surface area contributed by atoms with Crippen LogP contribution in [0.4, 0.5) is 0 Å². The SMILES string of the molecule is CCC1=CC[C@@H](C)[C@@H](OC2[C@@H](C)C[C@@H](CCCO[Si](C)(C)C(C)(C)C)[C@H](O[C@H]3OC[C@](C)(O)[C@H](NC)[C@H]3O)[C@H]2O)O1.CCC1=CC[C@@H](C)[C@@H](OC2[C@@H](C)C[C@@H](N)[C@H](O[C@H]3OC[C@](C)(O)[C@H](NC)[C@H]3O)[C@H]2O)O1.CCC=O. The number of nitrogens with two attached hydrogens (primary N) is 1. The van der Waals surface area contributed by atoms with Gasteiger partial charge in [-0.15, -0.1) is 0 Å². The molecule has 10 N–H and O–H groups in total. The Balaban J connectivity index is 0.000000317. The van der Waals surface area contributed by atoms with Gasteiger partial charge < -0.3 is 94.1 Å². The summed E-state index contributed by atoms with van der Waals surface area (Å²) in [6.07, 6.45) is 2.52. The Morgan fingerprint density at radius 3 is 1.50 bits per heavy atom. The lowest BCUT2D eigenvalue weighted by Crippen LogP contribution is -2.67. The molecule has 6 rings (SSSR count). The molecule has 2 saturated carbocycles. The van der Waals surface area contributed by atoms with Crippen molar-refractivity contribution in [3.8, 4) is 0 Å². The fourth-order valence-corrected chi connectivity index (χ4v) is 12.1. The number of rotatable bonds is 18. The molecule has 2 unspecified atom stereocenters. The van der Waals surface area contributed by atoms with Gasteiger partial charge >= 0.3 is 0 Å². The smallest absolute Gasteiger partial charge is 0.202 e. The molecule has 22 atom stereocenters. The van der Waals surface area contributed by atoms with Crippen molar-refractivity contribution in [3.05, 3.63) is 23.7 Å². The summed E-state index contributed by atoms with van der Waals surface area (Å²) in [7, 11) is 1.49. The molecular weight excluding hydrogens is 999 g/mol. The summed E-state index contributed by atoms with van der Waals surface area (Å²) < 4.78 is 55.2. The van der Waals surface area contributed by atoms with Crippen LogP contribution in [0.3, 0.4) is 0 Å². The molecule has 0 spiro atoms. The highest BCUT2D eigenvalue weighted by Crippen LogP contribution is 2.42. The Morgan fingerprint density at radius 2 is 1.09 bits per heavy atom. The highest BCUT2D eigenvalue weighted by molar-refractivity contribution is 6.74. The third-order valence-electron chi connectivity index (χ3n) is 16.9. The van der Waals surface area contributed by atoms with E-state index in [4.69, 9.17) is 48.1 Å². The van der Waals surface area contributed by atoms with Gasteiger partial charge in [0.05, 0.1) is 55.1 Å². The number of aldehydes is 1. The fourth-order valence-electron chi connectivity index (χ4n) is 11.0. The molecule has 0 aromatic rings. The number of allylic oxidation sites excluding steroid dienone is 4. The van der Waals surface area contributed by atoms with Gasteiger partial charge in [-0.05, 0) is 115 Å². The summed E-state index contributed by atoms with van der Waals surface area (Å²) in [5.74, 6) is 2.23. The Kier molecular flexibility index (Phi) is 25.8. The van der Waals surface area contributed by atoms with Gasteiger partial charge in [-0.2, -0.15) is 0 Å². The highest BCUT2D eigenvalue weighted by atomic mass is 28.4. The zero-order valence-corrected chi connectivity index (χ0v) is 50.1. The van der Waals surface area contributed by atoms with E-state index in [2.05, 4.69) is 84.3 Å². The van der Waals surface area contributed by atoms with Crippen LogP contribution in [0, 0.1) is 29.6 Å². The topological polar surface area (TPSA) is 272 Å². The first-order valence-corrected chi connectivity index (χ1v) is 31.3. The normalized spacial score (nSPS) is 42.1. The van der Waals surface area contributed by atoms with Crippen molar-refractivity contribution < 1.29 is 77.8 Å². The maximum atomic E-state index is 11.8. The first-order valence-electron chi connectivity index (χ1n) is 28.4. The molecule has 4 fully saturated rings. The minimum Gasteiger partial charge on any atom is -0.469 e. The van der Waals surface area contributed by atoms with Crippen LogP contribution in [-0.4, -0.2) is 182 Å². The zero-order chi connectivity index (χ0) is 57.1. The summed E-state index contributed by atoms with van der Waals surface area (Å²) in [5.41, 5.74) is 3.83. The number of aliphatic hydroxyl groups excluding tert-OH is 4. The second kappa shape index (κ2) is 29.3. The van der Waals surface area contributed by atoms with Gasteiger partial charge in [0.2, 0.25) is 12.6 Å². The number of likely N-dealkylation sites (N-methyl/N-ethyl adjacent to an activating group) is 2. The molecule has 0 aromatic carbocycles. The summed E-state index contributed by atoms with van der Waals surface area (Å²) >= 11 is 0. The van der Waals surface area contributed by atoms with Gasteiger partial charge in [0.15, 0.2) is 20.9 Å². The average molecular weight is 1100 g/mol. The molecule has 0 radical (unpaired) electrons. The van der Waals surface area contributed by atoms with Crippen LogP contribution in [-0.2, 0) is 47.1 Å². The van der Waals surface area contributed by atoms with Gasteiger partial charge in [0, 0.05) is 43.7 Å². The molecule has 2 aliphatic carbocycles. The van der Waals surface area contributed by atoms with Crippen LogP contribution in [0.5, 0.6) is 0 Å². The zero-order valence-electron chi connectivity index (χ0n) is 49.1. The Labute approximate surface area is 456 Å². The Morgan fingerprint density at radius 1 is 0.684 bits per heavy atom. The van der Waals surface area contributed by atoms with Gasteiger partial charge in [-0.3, -0.25) is 0 Å². The summed E-state index contributed by atoms with van der Waals surface area (Å²) in [5, 5.41) is 72.0. The van der Waals surface area contributed by atoms with E-state index >= 15 is 0 Å². The molecule has 0 amide bonds. The first kappa shape index (κ1) is 66.8. The van der Waals surface area contributed by atoms with Crippen molar-refractivity contribution in [1.29, 1.82) is 0 Å². The molecule has 0 aromatic heterocycles. The summed E-state index contributed by atoms with van der Waals surface area (Å²) in [6, 6.07) is -1.74. The molecule has 20 heteroatoms. The average Bonchev–Trinajstić information content (AvgIpc) is 3.35. The van der Waals surface area contributed by atoms with E-state index in [1.54, 1.807) is 27.9 Å². The molecule has 2 saturated heterocycles. The Hall–Kier alpha value is -1.67. The van der Waals surface area contributed by atoms with Crippen molar-refractivity contribution in [1.82, 2.24) is 10.6 Å². The number of nitrogens with one attached hydrogen (secondary N) is 2.